The molecule has 0 aromatic rings. The highest BCUT2D eigenvalue weighted by molar-refractivity contribution is 6.12. The van der Waals surface area contributed by atoms with E-state index in [4.69, 9.17) is 0 Å². The number of allylic oxidation sites excluding steroid dienone is 4. The van der Waals surface area contributed by atoms with Gasteiger partial charge < -0.3 is 0 Å². The van der Waals surface area contributed by atoms with E-state index in [0.29, 0.717) is 5.78 Å². The first kappa shape index (κ1) is 8.74. The van der Waals surface area contributed by atoms with Crippen molar-refractivity contribution in [3.05, 3.63) is 22.3 Å². The van der Waals surface area contributed by atoms with Gasteiger partial charge >= 0.3 is 0 Å². The fourth-order valence-corrected chi connectivity index (χ4v) is 2.32. The second kappa shape index (κ2) is 3.13. The molecule has 70 valence electrons. The average molecular weight is 176 g/mol. The van der Waals surface area contributed by atoms with E-state index in [1.54, 1.807) is 0 Å². The van der Waals surface area contributed by atoms with Crippen LogP contribution in [-0.4, -0.2) is 5.78 Å². The summed E-state index contributed by atoms with van der Waals surface area (Å²) in [5.74, 6) is 0.356. The van der Waals surface area contributed by atoms with Gasteiger partial charge in [-0.05, 0) is 51.5 Å². The molecule has 0 heterocycles. The number of rotatable bonds is 0. The van der Waals surface area contributed by atoms with E-state index in [9.17, 15) is 4.79 Å². The Balaban J connectivity index is 2.34. The molecule has 0 spiro atoms. The van der Waals surface area contributed by atoms with Crippen LogP contribution in [0.4, 0.5) is 0 Å². The fraction of sp³-hybridized carbons (Fsp3) is 0.583. The number of ketones is 1. The Labute approximate surface area is 79.5 Å². The van der Waals surface area contributed by atoms with Crippen LogP contribution in [0.3, 0.4) is 0 Å². The quantitative estimate of drug-likeness (QED) is 0.518. The average Bonchev–Trinajstić information content (AvgIpc) is 2.45. The lowest BCUT2D eigenvalue weighted by Gasteiger charge is -2.10. The molecule has 1 heteroatoms. The number of hydrogen-bond acceptors (Lipinski definition) is 1. The highest BCUT2D eigenvalue weighted by atomic mass is 16.1. The standard InChI is InChI=1S/C12H16O/c1-8(2)11-7-9-5-3-4-6-10(9)12(11)13/h3-7H2,1-2H3. The van der Waals surface area contributed by atoms with E-state index < -0.39 is 0 Å². The molecule has 0 N–H and O–H groups in total. The van der Waals surface area contributed by atoms with Crippen molar-refractivity contribution in [2.45, 2.75) is 46.0 Å². The van der Waals surface area contributed by atoms with Gasteiger partial charge in [0, 0.05) is 5.57 Å². The monoisotopic (exact) mass is 176 g/mol. The SMILES string of the molecule is CC(C)=C1CC2=C(CCCC2)C1=O. The molecule has 0 bridgehead atoms. The highest BCUT2D eigenvalue weighted by Gasteiger charge is 2.29. The molecule has 0 aromatic carbocycles. The van der Waals surface area contributed by atoms with E-state index in [1.807, 2.05) is 13.8 Å². The van der Waals surface area contributed by atoms with Crippen molar-refractivity contribution < 1.29 is 4.79 Å². The van der Waals surface area contributed by atoms with Crippen molar-refractivity contribution in [3.8, 4) is 0 Å². The van der Waals surface area contributed by atoms with Gasteiger partial charge in [0.15, 0.2) is 5.78 Å². The van der Waals surface area contributed by atoms with E-state index in [-0.39, 0.29) is 0 Å². The van der Waals surface area contributed by atoms with Gasteiger partial charge in [-0.2, -0.15) is 0 Å². The normalized spacial score (nSPS) is 22.3. The van der Waals surface area contributed by atoms with Crippen molar-refractivity contribution >= 4 is 5.78 Å². The maximum atomic E-state index is 11.9. The van der Waals surface area contributed by atoms with Gasteiger partial charge in [-0.3, -0.25) is 4.79 Å². The Morgan fingerprint density at radius 2 is 1.85 bits per heavy atom. The van der Waals surface area contributed by atoms with Gasteiger partial charge in [0.05, 0.1) is 0 Å². The van der Waals surface area contributed by atoms with Crippen LogP contribution >= 0.6 is 0 Å². The smallest absolute Gasteiger partial charge is 0.185 e. The Bertz CT molecular complexity index is 314. The molecule has 0 atom stereocenters. The van der Waals surface area contributed by atoms with Crippen LogP contribution in [0, 0.1) is 0 Å². The lowest BCUT2D eigenvalue weighted by Crippen LogP contribution is -2.02. The predicted octanol–water partition coefficient (Wildman–Crippen LogP) is 3.17. The molecule has 0 amide bonds. The maximum absolute atomic E-state index is 11.9. The molecule has 0 saturated carbocycles. The summed E-state index contributed by atoms with van der Waals surface area (Å²) in [4.78, 5) is 11.9. The van der Waals surface area contributed by atoms with Gasteiger partial charge in [0.25, 0.3) is 0 Å². The number of hydrogen-bond donors (Lipinski definition) is 0. The summed E-state index contributed by atoms with van der Waals surface area (Å²) in [5.41, 5.74) is 4.88. The molecule has 0 unspecified atom stereocenters. The zero-order valence-electron chi connectivity index (χ0n) is 8.44. The predicted molar refractivity (Wildman–Crippen MR) is 53.5 cm³/mol. The van der Waals surface area contributed by atoms with E-state index in [1.165, 1.54) is 24.0 Å². The van der Waals surface area contributed by atoms with Gasteiger partial charge in [-0.1, -0.05) is 11.1 Å². The molecule has 13 heavy (non-hydrogen) atoms. The molecule has 0 fully saturated rings. The maximum Gasteiger partial charge on any atom is 0.185 e. The third-order valence-electron chi connectivity index (χ3n) is 3.12. The second-order valence-corrected chi connectivity index (χ2v) is 4.27. The zero-order chi connectivity index (χ0) is 9.42. The van der Waals surface area contributed by atoms with Crippen molar-refractivity contribution in [3.63, 3.8) is 0 Å². The Morgan fingerprint density at radius 3 is 2.46 bits per heavy atom. The van der Waals surface area contributed by atoms with Crippen LogP contribution in [0.25, 0.3) is 0 Å². The van der Waals surface area contributed by atoms with E-state index in [0.717, 1.165) is 30.4 Å². The van der Waals surface area contributed by atoms with Gasteiger partial charge in [0.2, 0.25) is 0 Å². The minimum atomic E-state index is 0.356. The molecule has 0 aromatic heterocycles. The van der Waals surface area contributed by atoms with E-state index >= 15 is 0 Å². The molecule has 2 aliphatic carbocycles. The molecular weight excluding hydrogens is 160 g/mol. The van der Waals surface area contributed by atoms with E-state index in [2.05, 4.69) is 0 Å². The molecule has 0 radical (unpaired) electrons. The lowest BCUT2D eigenvalue weighted by molar-refractivity contribution is -0.112. The molecule has 0 saturated heterocycles. The third-order valence-corrected chi connectivity index (χ3v) is 3.12. The van der Waals surface area contributed by atoms with Gasteiger partial charge in [0.1, 0.15) is 0 Å². The number of Topliss-reactive ketones (excluding diaryl/α,β-unsaturated/α-hetero) is 1. The summed E-state index contributed by atoms with van der Waals surface area (Å²) >= 11 is 0. The van der Waals surface area contributed by atoms with Crippen LogP contribution in [0.15, 0.2) is 22.3 Å². The molecule has 1 nitrogen and oxygen atoms in total. The zero-order valence-corrected chi connectivity index (χ0v) is 8.44. The summed E-state index contributed by atoms with van der Waals surface area (Å²) < 4.78 is 0. The van der Waals surface area contributed by atoms with Crippen LogP contribution < -0.4 is 0 Å². The minimum Gasteiger partial charge on any atom is -0.289 e. The lowest BCUT2D eigenvalue weighted by atomic mass is 9.94. The topological polar surface area (TPSA) is 17.1 Å². The molecule has 0 aliphatic heterocycles. The van der Waals surface area contributed by atoms with Crippen molar-refractivity contribution in [2.75, 3.05) is 0 Å². The van der Waals surface area contributed by atoms with Crippen LogP contribution in [0.5, 0.6) is 0 Å². The number of carbonyl (C=O) groups excluding carboxylic acids is 1. The molecular formula is C12H16O. The number of carbonyl (C=O) groups is 1. The highest BCUT2D eigenvalue weighted by Crippen LogP contribution is 2.38. The Kier molecular flexibility index (Phi) is 2.10. The summed E-state index contributed by atoms with van der Waals surface area (Å²) in [7, 11) is 0. The Hall–Kier alpha value is -0.850. The summed E-state index contributed by atoms with van der Waals surface area (Å²) in [5, 5.41) is 0. The minimum absolute atomic E-state index is 0.356. The van der Waals surface area contributed by atoms with Crippen LogP contribution in [-0.2, 0) is 4.79 Å². The first-order valence-corrected chi connectivity index (χ1v) is 5.12. The first-order valence-electron chi connectivity index (χ1n) is 5.12. The van der Waals surface area contributed by atoms with Crippen molar-refractivity contribution in [1.29, 1.82) is 0 Å². The second-order valence-electron chi connectivity index (χ2n) is 4.27. The summed E-state index contributed by atoms with van der Waals surface area (Å²) in [6.07, 6.45) is 5.64. The summed E-state index contributed by atoms with van der Waals surface area (Å²) in [6.45, 7) is 4.09. The third kappa shape index (κ3) is 1.37. The summed E-state index contributed by atoms with van der Waals surface area (Å²) in [6, 6.07) is 0. The molecule has 2 aliphatic rings. The Morgan fingerprint density at radius 1 is 1.15 bits per heavy atom. The van der Waals surface area contributed by atoms with Crippen molar-refractivity contribution in [2.24, 2.45) is 0 Å². The van der Waals surface area contributed by atoms with Crippen LogP contribution in [0.1, 0.15) is 46.0 Å². The van der Waals surface area contributed by atoms with Gasteiger partial charge in [-0.15, -0.1) is 0 Å². The first-order chi connectivity index (χ1) is 6.20. The fourth-order valence-electron chi connectivity index (χ4n) is 2.32. The largest absolute Gasteiger partial charge is 0.289 e. The van der Waals surface area contributed by atoms with Crippen molar-refractivity contribution in [1.82, 2.24) is 0 Å². The van der Waals surface area contributed by atoms with Gasteiger partial charge in [-0.25, -0.2) is 0 Å². The van der Waals surface area contributed by atoms with Crippen LogP contribution in [0.2, 0.25) is 0 Å². The molecule has 2 rings (SSSR count).